The van der Waals surface area contributed by atoms with Gasteiger partial charge in [0.2, 0.25) is 11.2 Å². The number of nitrogens with one attached hydrogen (secondary N) is 2. The van der Waals surface area contributed by atoms with Crippen LogP contribution in [-0.4, -0.2) is 67.1 Å². The molecule has 2 aromatic heterocycles. The third-order valence-electron chi connectivity index (χ3n) is 9.92. The van der Waals surface area contributed by atoms with Crippen LogP contribution in [0.4, 0.5) is 71.1 Å². The van der Waals surface area contributed by atoms with E-state index in [0.717, 1.165) is 28.6 Å². The molecule has 71 heavy (non-hydrogen) atoms. The Bertz CT molecular complexity index is 2940. The van der Waals surface area contributed by atoms with E-state index >= 15 is 0 Å². The molecule has 1 unspecified atom stereocenters. The van der Waals surface area contributed by atoms with Crippen LogP contribution in [-0.2, 0) is 46.5 Å². The van der Waals surface area contributed by atoms with Crippen molar-refractivity contribution in [1.29, 1.82) is 0 Å². The van der Waals surface area contributed by atoms with Crippen LogP contribution in [0, 0.1) is 5.82 Å². The van der Waals surface area contributed by atoms with Crippen molar-refractivity contribution >= 4 is 74.8 Å². The van der Waals surface area contributed by atoms with E-state index in [2.05, 4.69) is 34.7 Å². The van der Waals surface area contributed by atoms with Gasteiger partial charge in [0, 0.05) is 80.5 Å². The van der Waals surface area contributed by atoms with Gasteiger partial charge < -0.3 is 33.9 Å². The lowest BCUT2D eigenvalue weighted by molar-refractivity contribution is -0.275. The molecule has 0 bridgehead atoms. The summed E-state index contributed by atoms with van der Waals surface area (Å²) in [5, 5.41) is 3.06. The number of alkyl halides is 6. The minimum absolute atomic E-state index is 0.0526. The van der Waals surface area contributed by atoms with Crippen LogP contribution in [0.2, 0.25) is 5.28 Å². The number of hydrogen-bond acceptors (Lipinski definition) is 13. The number of carbonyl (C=O) groups excluding carboxylic acids is 2. The molecule has 2 heterocycles. The van der Waals surface area contributed by atoms with Crippen molar-refractivity contribution in [2.45, 2.75) is 38.4 Å². The van der Waals surface area contributed by atoms with E-state index in [1.807, 2.05) is 53.1 Å². The minimum Gasteiger partial charge on any atom is -0.755 e. The van der Waals surface area contributed by atoms with Crippen molar-refractivity contribution in [3.8, 4) is 11.5 Å². The summed E-state index contributed by atoms with van der Waals surface area (Å²) in [5.41, 5.74) is 4.53. The van der Waals surface area contributed by atoms with Crippen LogP contribution in [0.25, 0.3) is 0 Å². The molecule has 0 radical (unpaired) electrons. The van der Waals surface area contributed by atoms with Gasteiger partial charge in [0.1, 0.15) is 40.5 Å². The first-order valence-corrected chi connectivity index (χ1v) is 22.2. The smallest absolute Gasteiger partial charge is 0.573 e. The molecule has 0 aliphatic carbocycles. The number of nitrogens with zero attached hydrogens (tertiary/aromatic N) is 6. The van der Waals surface area contributed by atoms with Gasteiger partial charge in [-0.05, 0) is 113 Å². The Hall–Kier alpha value is -7.69. The minimum atomic E-state index is -4.78. The number of benzene rings is 5. The molecule has 370 valence electrons. The highest BCUT2D eigenvalue weighted by Crippen LogP contribution is 2.28. The Morgan fingerprint density at radius 3 is 1.44 bits per heavy atom. The molecular formula is C48H39ClF7N8O6S-. The van der Waals surface area contributed by atoms with E-state index in [1.165, 1.54) is 66.9 Å². The van der Waals surface area contributed by atoms with Gasteiger partial charge in [-0.2, -0.15) is 4.98 Å². The van der Waals surface area contributed by atoms with Crippen LogP contribution in [0.1, 0.15) is 22.3 Å². The van der Waals surface area contributed by atoms with Gasteiger partial charge in [-0.15, -0.1) is 26.3 Å². The van der Waals surface area contributed by atoms with E-state index in [1.54, 1.807) is 42.4 Å². The Kier molecular flexibility index (Phi) is 17.6. The summed E-state index contributed by atoms with van der Waals surface area (Å²) >= 11 is 3.13. The molecule has 7 aromatic rings. The molecule has 0 saturated heterocycles. The van der Waals surface area contributed by atoms with Crippen LogP contribution >= 0.6 is 11.6 Å². The largest absolute Gasteiger partial charge is 0.755 e. The van der Waals surface area contributed by atoms with E-state index in [9.17, 15) is 49.1 Å². The lowest BCUT2D eigenvalue weighted by Crippen LogP contribution is -2.17. The van der Waals surface area contributed by atoms with Crippen molar-refractivity contribution in [3.63, 3.8) is 0 Å². The maximum absolute atomic E-state index is 13.8. The monoisotopic (exact) mass is 1020 g/mol. The third-order valence-corrected chi connectivity index (χ3v) is 10.5. The summed E-state index contributed by atoms with van der Waals surface area (Å²) in [6.45, 7) is 0. The number of ketones is 2. The number of halogens is 8. The average molecular weight is 1020 g/mol. The van der Waals surface area contributed by atoms with Crippen LogP contribution in [0.5, 0.6) is 11.5 Å². The van der Waals surface area contributed by atoms with Gasteiger partial charge in [0.05, 0.1) is 5.69 Å². The molecule has 0 aliphatic heterocycles. The summed E-state index contributed by atoms with van der Waals surface area (Å²) in [5.74, 6) is -0.226. The van der Waals surface area contributed by atoms with Gasteiger partial charge in [-0.3, -0.25) is 13.8 Å². The van der Waals surface area contributed by atoms with Crippen molar-refractivity contribution in [1.82, 2.24) is 19.9 Å². The second-order valence-corrected chi connectivity index (χ2v) is 16.2. The van der Waals surface area contributed by atoms with Gasteiger partial charge in [-0.25, -0.2) is 19.3 Å². The number of aromatic nitrogens is 4. The maximum atomic E-state index is 13.8. The van der Waals surface area contributed by atoms with Gasteiger partial charge in [-0.1, -0.05) is 48.5 Å². The molecule has 5 aromatic carbocycles. The molecule has 0 fully saturated rings. The van der Waals surface area contributed by atoms with E-state index in [4.69, 9.17) is 11.6 Å². The van der Waals surface area contributed by atoms with Crippen LogP contribution < -0.4 is 29.3 Å². The van der Waals surface area contributed by atoms with Gasteiger partial charge in [0.25, 0.3) is 0 Å². The normalized spacial score (nSPS) is 11.6. The molecule has 1 atom stereocenters. The van der Waals surface area contributed by atoms with Crippen molar-refractivity contribution in [2.75, 3.05) is 33.9 Å². The highest BCUT2D eigenvalue weighted by molar-refractivity contribution is 7.80. The number of rotatable bonds is 18. The molecule has 0 aliphatic rings. The Balaban J connectivity index is 0.000000244. The fourth-order valence-electron chi connectivity index (χ4n) is 6.60. The molecular weight excluding hydrogens is 985 g/mol. The molecule has 14 nitrogen and oxygen atoms in total. The predicted molar refractivity (Wildman–Crippen MR) is 251 cm³/mol. The Morgan fingerprint density at radius 1 is 0.620 bits per heavy atom. The van der Waals surface area contributed by atoms with Crippen molar-refractivity contribution in [2.24, 2.45) is 0 Å². The summed E-state index contributed by atoms with van der Waals surface area (Å²) in [4.78, 5) is 45.0. The highest BCUT2D eigenvalue weighted by atomic mass is 35.5. The molecule has 2 N–H and O–H groups in total. The van der Waals surface area contributed by atoms with E-state index in [0.29, 0.717) is 28.5 Å². The zero-order valence-corrected chi connectivity index (χ0v) is 38.7. The average Bonchev–Trinajstić information content (AvgIpc) is 3.30. The van der Waals surface area contributed by atoms with Crippen molar-refractivity contribution in [3.05, 3.63) is 173 Å². The summed E-state index contributed by atoms with van der Waals surface area (Å²) < 4.78 is 119. The fraction of sp³-hybridized carbons (Fsp3) is 0.167. The number of anilines is 7. The molecule has 0 spiro atoms. The first-order chi connectivity index (χ1) is 33.6. The van der Waals surface area contributed by atoms with E-state index in [-0.39, 0.29) is 65.7 Å². The highest BCUT2D eigenvalue weighted by Gasteiger charge is 2.31. The van der Waals surface area contributed by atoms with Gasteiger partial charge in [0.15, 0.2) is 0 Å². The Labute approximate surface area is 408 Å². The summed E-state index contributed by atoms with van der Waals surface area (Å²) in [6, 6.07) is 32.2. The van der Waals surface area contributed by atoms with E-state index < -0.39 is 29.8 Å². The first-order valence-electron chi connectivity index (χ1n) is 20.8. The second kappa shape index (κ2) is 23.7. The van der Waals surface area contributed by atoms with Gasteiger partial charge >= 0.3 is 12.7 Å². The lowest BCUT2D eigenvalue weighted by atomic mass is 10.0. The third kappa shape index (κ3) is 17.0. The number of ether oxygens (including phenoxy) is 2. The molecule has 0 amide bonds. The topological polar surface area (TPSA) is 175 Å². The second-order valence-electron chi connectivity index (χ2n) is 15.2. The van der Waals surface area contributed by atoms with Crippen LogP contribution in [0.3, 0.4) is 0 Å². The number of Topliss-reactive ketones (excluding diaryl/α,β-unsaturated/α-hetero) is 2. The Morgan fingerprint density at radius 2 is 1.03 bits per heavy atom. The SMILES string of the molecule is CN(c1ccc(CC(=O)Cc2ccc(OC(F)(F)F)cc2)cc1)c1ccnc(Cl)n1.CN(c1ccc(CC(=O)Cc2ccc(OC(F)(F)F)cc2)cc1)c1ccnc(Nc2ccc(F)c(NS(=O)[O-])c2)n1. The molecule has 0 saturated carbocycles. The maximum Gasteiger partial charge on any atom is 0.573 e. The fourth-order valence-corrected chi connectivity index (χ4v) is 7.08. The predicted octanol–water partition coefficient (Wildman–Crippen LogP) is 10.7. The zero-order chi connectivity index (χ0) is 51.3. The number of carbonyl (C=O) groups is 2. The quantitative estimate of drug-likeness (QED) is 0.0472. The number of hydrogen-bond donors (Lipinski definition) is 2. The summed E-state index contributed by atoms with van der Waals surface area (Å²) in [7, 11) is 3.62. The zero-order valence-electron chi connectivity index (χ0n) is 37.2. The molecule has 23 heteroatoms. The first kappa shape index (κ1) is 52.7. The molecule has 7 rings (SSSR count). The van der Waals surface area contributed by atoms with Crippen LogP contribution in [0.15, 0.2) is 140 Å². The standard InChI is InChI=1S/C27H23F4N5O4S.C21H17ClF3N3O2/c1-36(25-12-13-32-26(34-25)33-19-6-11-23(28)24(16-19)35-41(38)39)20-7-2-17(3-8-20)14-21(37)15-18-4-9-22(10-5-18)40-27(29,30)31;1-28(19-10-11-26-20(22)27-19)16-6-2-14(3-7-16)12-17(29)13-15-4-8-18(9-5-15)30-21(23,24)25/h2-13,16,35H,14-15H2,1H3,(H,38,39)(H,32,33,34);2-11H,12-13H2,1H3/p-1. The lowest BCUT2D eigenvalue weighted by Gasteiger charge is -2.19. The summed E-state index contributed by atoms with van der Waals surface area (Å²) in [6.07, 6.45) is -5.90. The van der Waals surface area contributed by atoms with Crippen molar-refractivity contribution < 1.29 is 58.6 Å².